The highest BCUT2D eigenvalue weighted by Gasteiger charge is 2.06. The largest absolute Gasteiger partial charge is 0.287 e. The molecule has 1 aromatic heterocycles. The van der Waals surface area contributed by atoms with Crippen LogP contribution in [-0.2, 0) is 0 Å². The molecular weight excluding hydrogens is 142 g/mol. The molecule has 0 saturated heterocycles. The van der Waals surface area contributed by atoms with Gasteiger partial charge in [-0.2, -0.15) is 0 Å². The van der Waals surface area contributed by atoms with Crippen LogP contribution in [-0.4, -0.2) is 21.2 Å². The van der Waals surface area contributed by atoms with Crippen LogP contribution in [0.3, 0.4) is 0 Å². The van der Waals surface area contributed by atoms with Crippen molar-refractivity contribution in [2.45, 2.75) is 6.92 Å². The zero-order valence-corrected chi connectivity index (χ0v) is 6.11. The van der Waals surface area contributed by atoms with Gasteiger partial charge in [0.15, 0.2) is 0 Å². The molecule has 11 heavy (non-hydrogen) atoms. The Bertz CT molecular complexity index is 281. The Morgan fingerprint density at radius 3 is 2.82 bits per heavy atom. The van der Waals surface area contributed by atoms with E-state index in [-0.39, 0.29) is 11.5 Å². The van der Waals surface area contributed by atoms with Crippen LogP contribution in [0.2, 0.25) is 0 Å². The van der Waals surface area contributed by atoms with Crippen molar-refractivity contribution in [2.75, 3.05) is 0 Å². The summed E-state index contributed by atoms with van der Waals surface area (Å²) in [5.74, 6) is -0.195. The number of hydrogen-bond donors (Lipinski definition) is 0. The number of nitrogens with zero attached hydrogens (tertiary/aromatic N) is 3. The van der Waals surface area contributed by atoms with Crippen LogP contribution in [0.4, 0.5) is 0 Å². The smallest absolute Gasteiger partial charge is 0.208 e. The third kappa shape index (κ3) is 1.67. The third-order valence-electron chi connectivity index (χ3n) is 1.12. The fraction of sp³-hybridized carbons (Fsp3) is 0.143. The van der Waals surface area contributed by atoms with E-state index in [2.05, 4.69) is 22.0 Å². The Kier molecular flexibility index (Phi) is 2.06. The van der Waals surface area contributed by atoms with Gasteiger partial charge in [0.2, 0.25) is 5.78 Å². The van der Waals surface area contributed by atoms with E-state index < -0.39 is 0 Å². The lowest BCUT2D eigenvalue weighted by molar-refractivity contribution is 0.102. The van der Waals surface area contributed by atoms with Gasteiger partial charge in [-0.15, -0.1) is 10.2 Å². The van der Waals surface area contributed by atoms with Crippen LogP contribution in [0.25, 0.3) is 0 Å². The molecule has 0 fully saturated rings. The molecule has 0 unspecified atom stereocenters. The molecule has 0 spiro atoms. The fourth-order valence-electron chi connectivity index (χ4n) is 0.581. The van der Waals surface area contributed by atoms with Gasteiger partial charge in [0.1, 0.15) is 5.69 Å². The Morgan fingerprint density at radius 1 is 1.64 bits per heavy atom. The number of carbonyl (C=O) groups is 1. The number of hydrogen-bond acceptors (Lipinski definition) is 4. The monoisotopic (exact) mass is 149 g/mol. The summed E-state index contributed by atoms with van der Waals surface area (Å²) in [6.45, 7) is 5.12. The van der Waals surface area contributed by atoms with Crippen molar-refractivity contribution >= 4 is 5.78 Å². The maximum absolute atomic E-state index is 11.1. The standard InChI is InChI=1S/C7H7N3O/c1-5(2)7(11)6-3-4-8-10-9-6/h3-4H,1H2,2H3. The van der Waals surface area contributed by atoms with E-state index in [1.807, 2.05) is 0 Å². The molecule has 1 aromatic rings. The van der Waals surface area contributed by atoms with E-state index in [4.69, 9.17) is 0 Å². The normalized spacial score (nSPS) is 9.18. The van der Waals surface area contributed by atoms with Gasteiger partial charge >= 0.3 is 0 Å². The van der Waals surface area contributed by atoms with Crippen LogP contribution in [0.5, 0.6) is 0 Å². The third-order valence-corrected chi connectivity index (χ3v) is 1.12. The number of rotatable bonds is 2. The van der Waals surface area contributed by atoms with E-state index in [0.29, 0.717) is 5.57 Å². The first kappa shape index (κ1) is 7.53. The molecule has 0 radical (unpaired) electrons. The molecule has 0 aliphatic carbocycles. The van der Waals surface area contributed by atoms with Gasteiger partial charge in [0, 0.05) is 0 Å². The van der Waals surface area contributed by atoms with Gasteiger partial charge in [-0.3, -0.25) is 4.79 Å². The summed E-state index contributed by atoms with van der Waals surface area (Å²) in [6, 6.07) is 1.50. The Balaban J connectivity index is 2.95. The highest BCUT2D eigenvalue weighted by molar-refractivity contribution is 6.06. The van der Waals surface area contributed by atoms with E-state index in [9.17, 15) is 4.79 Å². The molecule has 0 amide bonds. The predicted octanol–water partition coefficient (Wildman–Crippen LogP) is 0.630. The van der Waals surface area contributed by atoms with Gasteiger partial charge < -0.3 is 0 Å². The summed E-state index contributed by atoms with van der Waals surface area (Å²) in [5, 5.41) is 10.3. The second kappa shape index (κ2) is 3.01. The lowest BCUT2D eigenvalue weighted by Crippen LogP contribution is -2.04. The van der Waals surface area contributed by atoms with Crippen LogP contribution < -0.4 is 0 Å². The summed E-state index contributed by atoms with van der Waals surface area (Å²) >= 11 is 0. The first-order valence-electron chi connectivity index (χ1n) is 3.06. The molecule has 1 heterocycles. The van der Waals surface area contributed by atoms with Gasteiger partial charge in [-0.1, -0.05) is 6.58 Å². The molecule has 0 N–H and O–H groups in total. The second-order valence-electron chi connectivity index (χ2n) is 2.12. The summed E-state index contributed by atoms with van der Waals surface area (Å²) in [5.41, 5.74) is 0.734. The molecular formula is C7H7N3O. The summed E-state index contributed by atoms with van der Waals surface area (Å²) in [6.07, 6.45) is 1.42. The molecule has 0 saturated carbocycles. The van der Waals surface area contributed by atoms with Crippen LogP contribution >= 0.6 is 0 Å². The quantitative estimate of drug-likeness (QED) is 0.457. The zero-order valence-electron chi connectivity index (χ0n) is 6.11. The summed E-state index contributed by atoms with van der Waals surface area (Å²) in [4.78, 5) is 11.1. The Morgan fingerprint density at radius 2 is 2.36 bits per heavy atom. The van der Waals surface area contributed by atoms with Crippen molar-refractivity contribution in [3.63, 3.8) is 0 Å². The molecule has 0 aliphatic heterocycles. The minimum absolute atomic E-state index is 0.195. The van der Waals surface area contributed by atoms with E-state index in [1.165, 1.54) is 12.3 Å². The summed E-state index contributed by atoms with van der Waals surface area (Å²) in [7, 11) is 0. The fourth-order valence-corrected chi connectivity index (χ4v) is 0.581. The van der Waals surface area contributed by atoms with Gasteiger partial charge in [-0.05, 0) is 23.8 Å². The average molecular weight is 149 g/mol. The van der Waals surface area contributed by atoms with E-state index >= 15 is 0 Å². The lowest BCUT2D eigenvalue weighted by Gasteiger charge is -1.93. The maximum Gasteiger partial charge on any atom is 0.208 e. The van der Waals surface area contributed by atoms with Crippen LogP contribution in [0, 0.1) is 0 Å². The molecule has 4 heteroatoms. The first-order chi connectivity index (χ1) is 5.22. The van der Waals surface area contributed by atoms with Crippen LogP contribution in [0.1, 0.15) is 17.4 Å². The number of ketones is 1. The van der Waals surface area contributed by atoms with Crippen molar-refractivity contribution in [1.82, 2.24) is 15.4 Å². The first-order valence-corrected chi connectivity index (χ1v) is 3.06. The SMILES string of the molecule is C=C(C)C(=O)c1ccnnn1. The maximum atomic E-state index is 11.1. The topological polar surface area (TPSA) is 55.7 Å². The second-order valence-corrected chi connectivity index (χ2v) is 2.12. The number of aromatic nitrogens is 3. The highest BCUT2D eigenvalue weighted by atomic mass is 16.1. The minimum atomic E-state index is -0.195. The number of carbonyl (C=O) groups excluding carboxylic acids is 1. The highest BCUT2D eigenvalue weighted by Crippen LogP contribution is 1.99. The zero-order chi connectivity index (χ0) is 8.27. The molecule has 4 nitrogen and oxygen atoms in total. The molecule has 0 atom stereocenters. The number of Topliss-reactive ketones (excluding diaryl/α,β-unsaturated/α-hetero) is 1. The lowest BCUT2D eigenvalue weighted by atomic mass is 10.2. The average Bonchev–Trinajstić information content (AvgIpc) is 2.05. The molecule has 0 aromatic carbocycles. The Hall–Kier alpha value is -1.58. The van der Waals surface area contributed by atoms with Gasteiger partial charge in [0.05, 0.1) is 6.20 Å². The van der Waals surface area contributed by atoms with Crippen molar-refractivity contribution < 1.29 is 4.79 Å². The molecule has 0 aliphatic rings. The van der Waals surface area contributed by atoms with Gasteiger partial charge in [0.25, 0.3) is 0 Å². The predicted molar refractivity (Wildman–Crippen MR) is 39.0 cm³/mol. The van der Waals surface area contributed by atoms with Crippen molar-refractivity contribution in [3.05, 3.63) is 30.1 Å². The van der Waals surface area contributed by atoms with Crippen molar-refractivity contribution in [2.24, 2.45) is 0 Å². The van der Waals surface area contributed by atoms with E-state index in [0.717, 1.165) is 0 Å². The van der Waals surface area contributed by atoms with Gasteiger partial charge in [-0.25, -0.2) is 0 Å². The number of allylic oxidation sites excluding steroid dienone is 1. The molecule has 56 valence electrons. The molecule has 1 rings (SSSR count). The van der Waals surface area contributed by atoms with Crippen molar-refractivity contribution in [1.29, 1.82) is 0 Å². The minimum Gasteiger partial charge on any atom is -0.287 e. The summed E-state index contributed by atoms with van der Waals surface area (Å²) < 4.78 is 0. The van der Waals surface area contributed by atoms with Crippen molar-refractivity contribution in [3.8, 4) is 0 Å². The molecule has 0 bridgehead atoms. The van der Waals surface area contributed by atoms with E-state index in [1.54, 1.807) is 6.92 Å². The van der Waals surface area contributed by atoms with Crippen LogP contribution in [0.15, 0.2) is 24.4 Å². The Labute approximate surface area is 64.0 Å².